The molecule has 0 aliphatic rings. The third kappa shape index (κ3) is 4.81. The molecule has 3 aromatic heterocycles. The van der Waals surface area contributed by atoms with Gasteiger partial charge in [-0.1, -0.05) is 23.7 Å². The van der Waals surface area contributed by atoms with Crippen LogP contribution < -0.4 is 15.8 Å². The van der Waals surface area contributed by atoms with Gasteiger partial charge in [0.1, 0.15) is 5.69 Å². The quantitative estimate of drug-likeness (QED) is 0.445. The number of methoxy groups -OCH3 is 1. The van der Waals surface area contributed by atoms with Crippen molar-refractivity contribution in [1.82, 2.24) is 15.0 Å². The van der Waals surface area contributed by atoms with Gasteiger partial charge in [0, 0.05) is 34.6 Å². The van der Waals surface area contributed by atoms with E-state index < -0.39 is 11.8 Å². The Labute approximate surface area is 194 Å². The number of carbonyl (C=O) groups excluding carboxylic acids is 2. The number of nitrogens with zero attached hydrogens (tertiary/aromatic N) is 3. The molecule has 164 valence electrons. The summed E-state index contributed by atoms with van der Waals surface area (Å²) in [6.45, 7) is 0. The first kappa shape index (κ1) is 21.9. The van der Waals surface area contributed by atoms with E-state index in [9.17, 15) is 9.59 Å². The SMILES string of the molecule is COc1ccc(NC(=O)c2ncc(C(N)=O)cc2-c2ccc(Cl)c(-c3ccccn3)c2)cn1. The van der Waals surface area contributed by atoms with Gasteiger partial charge >= 0.3 is 0 Å². The van der Waals surface area contributed by atoms with Gasteiger partial charge in [0.25, 0.3) is 5.91 Å². The van der Waals surface area contributed by atoms with E-state index in [1.807, 2.05) is 12.1 Å². The van der Waals surface area contributed by atoms with Crippen molar-refractivity contribution in [2.75, 3.05) is 12.4 Å². The molecule has 0 bridgehead atoms. The van der Waals surface area contributed by atoms with E-state index in [0.717, 1.165) is 0 Å². The van der Waals surface area contributed by atoms with Crippen LogP contribution in [0.2, 0.25) is 5.02 Å². The number of ether oxygens (including phenoxy) is 1. The number of amides is 2. The molecule has 0 aliphatic carbocycles. The number of hydrogen-bond donors (Lipinski definition) is 2. The number of hydrogen-bond acceptors (Lipinski definition) is 6. The molecule has 0 aliphatic heterocycles. The lowest BCUT2D eigenvalue weighted by Gasteiger charge is -2.13. The summed E-state index contributed by atoms with van der Waals surface area (Å²) in [5, 5.41) is 3.24. The summed E-state index contributed by atoms with van der Waals surface area (Å²) in [5.41, 5.74) is 8.55. The number of pyridine rings is 3. The van der Waals surface area contributed by atoms with Gasteiger partial charge in [0.2, 0.25) is 11.8 Å². The molecule has 0 unspecified atom stereocenters. The fraction of sp³-hybridized carbons (Fsp3) is 0.0417. The average molecular weight is 460 g/mol. The summed E-state index contributed by atoms with van der Waals surface area (Å²) in [5.74, 6) is -0.725. The summed E-state index contributed by atoms with van der Waals surface area (Å²) in [7, 11) is 1.50. The highest BCUT2D eigenvalue weighted by atomic mass is 35.5. The molecule has 0 fully saturated rings. The number of primary amides is 1. The Morgan fingerprint density at radius 3 is 2.48 bits per heavy atom. The van der Waals surface area contributed by atoms with Gasteiger partial charge in [-0.3, -0.25) is 14.6 Å². The summed E-state index contributed by atoms with van der Waals surface area (Å²) >= 11 is 6.41. The maximum atomic E-state index is 13.1. The average Bonchev–Trinajstić information content (AvgIpc) is 2.85. The molecule has 1 aromatic carbocycles. The minimum Gasteiger partial charge on any atom is -0.481 e. The molecule has 0 spiro atoms. The smallest absolute Gasteiger partial charge is 0.274 e. The van der Waals surface area contributed by atoms with Gasteiger partial charge in [-0.05, 0) is 42.0 Å². The Balaban J connectivity index is 1.78. The van der Waals surface area contributed by atoms with Crippen molar-refractivity contribution in [2.45, 2.75) is 0 Å². The van der Waals surface area contributed by atoms with E-state index in [-0.39, 0.29) is 11.3 Å². The number of benzene rings is 1. The first-order valence-corrected chi connectivity index (χ1v) is 10.2. The lowest BCUT2D eigenvalue weighted by molar-refractivity contribution is 0.0993. The molecule has 33 heavy (non-hydrogen) atoms. The van der Waals surface area contributed by atoms with Gasteiger partial charge in [-0.2, -0.15) is 0 Å². The molecule has 0 atom stereocenters. The zero-order valence-electron chi connectivity index (χ0n) is 17.4. The van der Waals surface area contributed by atoms with E-state index in [4.69, 9.17) is 22.1 Å². The first-order valence-electron chi connectivity index (χ1n) is 9.79. The second-order valence-corrected chi connectivity index (χ2v) is 7.34. The van der Waals surface area contributed by atoms with Gasteiger partial charge < -0.3 is 15.8 Å². The number of nitrogens with two attached hydrogens (primary N) is 1. The molecule has 8 nitrogen and oxygen atoms in total. The highest BCUT2D eigenvalue weighted by molar-refractivity contribution is 6.33. The summed E-state index contributed by atoms with van der Waals surface area (Å²) in [6, 6.07) is 15.5. The molecule has 9 heteroatoms. The van der Waals surface area contributed by atoms with Crippen LogP contribution in [0.3, 0.4) is 0 Å². The van der Waals surface area contributed by atoms with Crippen LogP contribution >= 0.6 is 11.6 Å². The van der Waals surface area contributed by atoms with Gasteiger partial charge in [-0.25, -0.2) is 9.97 Å². The third-order valence-electron chi connectivity index (χ3n) is 4.81. The van der Waals surface area contributed by atoms with Crippen molar-refractivity contribution >= 4 is 29.1 Å². The molecule has 0 saturated heterocycles. The van der Waals surface area contributed by atoms with E-state index in [1.54, 1.807) is 42.6 Å². The first-order chi connectivity index (χ1) is 16.0. The van der Waals surface area contributed by atoms with E-state index in [1.165, 1.54) is 25.6 Å². The van der Waals surface area contributed by atoms with Crippen LogP contribution in [0.1, 0.15) is 20.8 Å². The molecule has 2 amide bonds. The van der Waals surface area contributed by atoms with Crippen molar-refractivity contribution < 1.29 is 14.3 Å². The van der Waals surface area contributed by atoms with E-state index in [0.29, 0.717) is 39.0 Å². The number of anilines is 1. The summed E-state index contributed by atoms with van der Waals surface area (Å²) < 4.78 is 5.03. The van der Waals surface area contributed by atoms with Crippen molar-refractivity contribution in [3.8, 4) is 28.3 Å². The lowest BCUT2D eigenvalue weighted by Crippen LogP contribution is -2.17. The van der Waals surface area contributed by atoms with Crippen LogP contribution in [0.15, 0.2) is 73.2 Å². The Morgan fingerprint density at radius 1 is 0.970 bits per heavy atom. The maximum Gasteiger partial charge on any atom is 0.274 e. The highest BCUT2D eigenvalue weighted by Gasteiger charge is 2.19. The zero-order valence-corrected chi connectivity index (χ0v) is 18.2. The normalized spacial score (nSPS) is 10.5. The van der Waals surface area contributed by atoms with Crippen molar-refractivity contribution in [3.05, 3.63) is 89.5 Å². The second-order valence-electron chi connectivity index (χ2n) is 6.94. The minimum absolute atomic E-state index is 0.102. The number of nitrogens with one attached hydrogen (secondary N) is 1. The van der Waals surface area contributed by atoms with E-state index in [2.05, 4.69) is 20.3 Å². The number of carbonyl (C=O) groups is 2. The van der Waals surface area contributed by atoms with Crippen molar-refractivity contribution in [2.24, 2.45) is 5.73 Å². The predicted molar refractivity (Wildman–Crippen MR) is 125 cm³/mol. The topological polar surface area (TPSA) is 120 Å². The van der Waals surface area contributed by atoms with Crippen LogP contribution in [0, 0.1) is 0 Å². The minimum atomic E-state index is -0.658. The van der Waals surface area contributed by atoms with Gasteiger partial charge in [0.15, 0.2) is 0 Å². The lowest BCUT2D eigenvalue weighted by atomic mass is 9.98. The monoisotopic (exact) mass is 459 g/mol. The highest BCUT2D eigenvalue weighted by Crippen LogP contribution is 2.33. The van der Waals surface area contributed by atoms with Crippen molar-refractivity contribution in [1.29, 1.82) is 0 Å². The zero-order chi connectivity index (χ0) is 23.4. The van der Waals surface area contributed by atoms with Crippen LogP contribution in [0.25, 0.3) is 22.4 Å². The third-order valence-corrected chi connectivity index (χ3v) is 5.14. The Bertz CT molecular complexity index is 1330. The van der Waals surface area contributed by atoms with Gasteiger partial charge in [0.05, 0.1) is 30.3 Å². The number of aromatic nitrogens is 3. The largest absolute Gasteiger partial charge is 0.481 e. The molecule has 0 radical (unpaired) electrons. The van der Waals surface area contributed by atoms with Crippen LogP contribution in [0.4, 0.5) is 5.69 Å². The second kappa shape index (κ2) is 9.46. The van der Waals surface area contributed by atoms with E-state index >= 15 is 0 Å². The van der Waals surface area contributed by atoms with Crippen LogP contribution in [-0.2, 0) is 0 Å². The predicted octanol–water partition coefficient (Wildman–Crippen LogP) is 4.22. The number of halogens is 1. The Kier molecular flexibility index (Phi) is 6.28. The molecule has 4 aromatic rings. The fourth-order valence-electron chi connectivity index (χ4n) is 3.18. The summed E-state index contributed by atoms with van der Waals surface area (Å²) in [6.07, 6.45) is 4.40. The fourth-order valence-corrected chi connectivity index (χ4v) is 3.39. The number of rotatable bonds is 6. The molecule has 3 heterocycles. The van der Waals surface area contributed by atoms with Crippen LogP contribution in [-0.4, -0.2) is 33.9 Å². The maximum absolute atomic E-state index is 13.1. The molecule has 0 saturated carbocycles. The molecular weight excluding hydrogens is 442 g/mol. The Morgan fingerprint density at radius 2 is 1.82 bits per heavy atom. The molecule has 3 N–H and O–H groups in total. The van der Waals surface area contributed by atoms with Gasteiger partial charge in [-0.15, -0.1) is 0 Å². The molecule has 4 rings (SSSR count). The van der Waals surface area contributed by atoms with Crippen molar-refractivity contribution in [3.63, 3.8) is 0 Å². The standard InChI is InChI=1S/C24H18ClN5O3/c1-33-21-8-6-16(13-28-21)30-24(32)22-17(11-15(12-29-22)23(26)31)14-5-7-19(25)18(10-14)20-4-2-3-9-27-20/h2-13H,1H3,(H2,26,31)(H,30,32). The Hall–Kier alpha value is -4.30. The van der Waals surface area contributed by atoms with Crippen LogP contribution in [0.5, 0.6) is 5.88 Å². The summed E-state index contributed by atoms with van der Waals surface area (Å²) in [4.78, 5) is 37.5. The molecular formula is C24H18ClN5O3.